The highest BCUT2D eigenvalue weighted by molar-refractivity contribution is 7.99. The SMILES string of the molecule is O=C(Nc1cnccn1)[C@H]1CSc2ccccc21. The largest absolute Gasteiger partial charge is 0.309 e. The molecule has 2 aromatic rings. The Morgan fingerprint density at radius 3 is 3.06 bits per heavy atom. The molecule has 0 fully saturated rings. The molecule has 0 bridgehead atoms. The van der Waals surface area contributed by atoms with Crippen molar-refractivity contribution in [2.45, 2.75) is 10.8 Å². The third kappa shape index (κ3) is 2.09. The molecule has 90 valence electrons. The molecule has 1 aliphatic rings. The van der Waals surface area contributed by atoms with Crippen LogP contribution in [-0.2, 0) is 4.79 Å². The van der Waals surface area contributed by atoms with Crippen molar-refractivity contribution in [3.63, 3.8) is 0 Å². The van der Waals surface area contributed by atoms with Crippen molar-refractivity contribution < 1.29 is 4.79 Å². The number of aromatic nitrogens is 2. The van der Waals surface area contributed by atoms with Gasteiger partial charge in [0, 0.05) is 23.0 Å². The second-order valence-electron chi connectivity index (χ2n) is 3.98. The summed E-state index contributed by atoms with van der Waals surface area (Å²) < 4.78 is 0. The summed E-state index contributed by atoms with van der Waals surface area (Å²) in [4.78, 5) is 21.3. The number of hydrogen-bond acceptors (Lipinski definition) is 4. The summed E-state index contributed by atoms with van der Waals surface area (Å²) >= 11 is 1.72. The Labute approximate surface area is 109 Å². The average Bonchev–Trinajstić information content (AvgIpc) is 2.84. The molecule has 3 rings (SSSR count). The van der Waals surface area contributed by atoms with E-state index in [-0.39, 0.29) is 11.8 Å². The zero-order valence-electron chi connectivity index (χ0n) is 9.54. The Hall–Kier alpha value is -1.88. The Morgan fingerprint density at radius 2 is 2.22 bits per heavy atom. The summed E-state index contributed by atoms with van der Waals surface area (Å²) in [6.07, 6.45) is 4.69. The van der Waals surface area contributed by atoms with Crippen LogP contribution in [-0.4, -0.2) is 21.6 Å². The van der Waals surface area contributed by atoms with E-state index in [2.05, 4.69) is 21.4 Å². The second kappa shape index (κ2) is 4.78. The van der Waals surface area contributed by atoms with E-state index in [1.807, 2.05) is 18.2 Å². The molecule has 0 spiro atoms. The van der Waals surface area contributed by atoms with Crippen LogP contribution >= 0.6 is 11.8 Å². The number of rotatable bonds is 2. The molecule has 18 heavy (non-hydrogen) atoms. The van der Waals surface area contributed by atoms with Crippen LogP contribution < -0.4 is 5.32 Å². The van der Waals surface area contributed by atoms with Crippen molar-refractivity contribution in [2.75, 3.05) is 11.1 Å². The molecule has 1 aromatic heterocycles. The van der Waals surface area contributed by atoms with Crippen molar-refractivity contribution in [2.24, 2.45) is 0 Å². The zero-order valence-corrected chi connectivity index (χ0v) is 10.4. The van der Waals surface area contributed by atoms with E-state index in [1.54, 1.807) is 30.4 Å². The second-order valence-corrected chi connectivity index (χ2v) is 5.04. The smallest absolute Gasteiger partial charge is 0.234 e. The van der Waals surface area contributed by atoms with Crippen molar-refractivity contribution in [1.82, 2.24) is 9.97 Å². The van der Waals surface area contributed by atoms with E-state index in [0.29, 0.717) is 5.82 Å². The summed E-state index contributed by atoms with van der Waals surface area (Å²) in [6, 6.07) is 8.02. The van der Waals surface area contributed by atoms with Gasteiger partial charge in [0.05, 0.1) is 12.1 Å². The van der Waals surface area contributed by atoms with E-state index in [0.717, 1.165) is 11.3 Å². The van der Waals surface area contributed by atoms with Crippen LogP contribution in [0.2, 0.25) is 0 Å². The molecule has 1 aromatic carbocycles. The monoisotopic (exact) mass is 257 g/mol. The molecular weight excluding hydrogens is 246 g/mol. The molecule has 1 atom stereocenters. The fourth-order valence-electron chi connectivity index (χ4n) is 1.96. The molecule has 1 aliphatic heterocycles. The molecule has 0 unspecified atom stereocenters. The van der Waals surface area contributed by atoms with Crippen molar-refractivity contribution in [3.8, 4) is 0 Å². The maximum Gasteiger partial charge on any atom is 0.234 e. The topological polar surface area (TPSA) is 54.9 Å². The lowest BCUT2D eigenvalue weighted by Gasteiger charge is -2.10. The predicted octanol–water partition coefficient (Wildman–Crippen LogP) is 2.30. The lowest BCUT2D eigenvalue weighted by Crippen LogP contribution is -2.21. The Balaban J connectivity index is 1.79. The van der Waals surface area contributed by atoms with E-state index in [1.165, 1.54) is 4.90 Å². The van der Waals surface area contributed by atoms with Crippen LogP contribution in [0.3, 0.4) is 0 Å². The van der Waals surface area contributed by atoms with E-state index in [4.69, 9.17) is 0 Å². The minimum atomic E-state index is -0.104. The van der Waals surface area contributed by atoms with Crippen molar-refractivity contribution in [3.05, 3.63) is 48.4 Å². The first-order valence-corrected chi connectivity index (χ1v) is 6.62. The number of benzene rings is 1. The summed E-state index contributed by atoms with van der Waals surface area (Å²) in [7, 11) is 0. The first kappa shape index (κ1) is 11.2. The van der Waals surface area contributed by atoms with Crippen LogP contribution in [0.1, 0.15) is 11.5 Å². The fourth-order valence-corrected chi connectivity index (χ4v) is 3.19. The van der Waals surface area contributed by atoms with Crippen molar-refractivity contribution >= 4 is 23.5 Å². The van der Waals surface area contributed by atoms with Crippen LogP contribution in [0.15, 0.2) is 47.8 Å². The molecule has 1 N–H and O–H groups in total. The number of thioether (sulfide) groups is 1. The van der Waals surface area contributed by atoms with Gasteiger partial charge in [0.1, 0.15) is 0 Å². The normalized spacial score (nSPS) is 17.2. The maximum absolute atomic E-state index is 12.2. The number of nitrogens with zero attached hydrogens (tertiary/aromatic N) is 2. The summed E-state index contributed by atoms with van der Waals surface area (Å²) in [5.41, 5.74) is 1.10. The van der Waals surface area contributed by atoms with E-state index < -0.39 is 0 Å². The van der Waals surface area contributed by atoms with Gasteiger partial charge in [-0.25, -0.2) is 4.98 Å². The standard InChI is InChI=1S/C13H11N3OS/c17-13(16-12-7-14-5-6-15-12)10-8-18-11-4-2-1-3-9(10)11/h1-7,10H,8H2,(H,15,16,17)/t10-/m0/s1. The molecular formula is C13H11N3OS. The molecule has 2 heterocycles. The van der Waals surface area contributed by atoms with Gasteiger partial charge in [0.15, 0.2) is 5.82 Å². The fraction of sp³-hybridized carbons (Fsp3) is 0.154. The van der Waals surface area contributed by atoms with Gasteiger partial charge in [-0.05, 0) is 11.6 Å². The number of carbonyl (C=O) groups excluding carboxylic acids is 1. The molecule has 0 saturated heterocycles. The van der Waals surface area contributed by atoms with Gasteiger partial charge in [0.2, 0.25) is 5.91 Å². The quantitative estimate of drug-likeness (QED) is 0.897. The number of carbonyl (C=O) groups is 1. The number of fused-ring (bicyclic) bond motifs is 1. The van der Waals surface area contributed by atoms with Gasteiger partial charge in [-0.15, -0.1) is 11.8 Å². The number of nitrogens with one attached hydrogen (secondary N) is 1. The van der Waals surface area contributed by atoms with Gasteiger partial charge in [-0.1, -0.05) is 18.2 Å². The lowest BCUT2D eigenvalue weighted by atomic mass is 10.0. The third-order valence-corrected chi connectivity index (χ3v) is 4.01. The van der Waals surface area contributed by atoms with Gasteiger partial charge < -0.3 is 5.32 Å². The molecule has 0 saturated carbocycles. The van der Waals surface area contributed by atoms with Crippen LogP contribution in [0.5, 0.6) is 0 Å². The van der Waals surface area contributed by atoms with Crippen molar-refractivity contribution in [1.29, 1.82) is 0 Å². The summed E-state index contributed by atoms with van der Waals surface area (Å²) in [5.74, 6) is 1.16. The highest BCUT2D eigenvalue weighted by Crippen LogP contribution is 2.39. The minimum Gasteiger partial charge on any atom is -0.309 e. The lowest BCUT2D eigenvalue weighted by molar-refractivity contribution is -0.117. The van der Waals surface area contributed by atoms with Crippen LogP contribution in [0, 0.1) is 0 Å². The molecule has 0 aliphatic carbocycles. The third-order valence-electron chi connectivity index (χ3n) is 2.83. The highest BCUT2D eigenvalue weighted by Gasteiger charge is 2.29. The Kier molecular flexibility index (Phi) is 2.98. The number of anilines is 1. The maximum atomic E-state index is 12.2. The first-order chi connectivity index (χ1) is 8.84. The van der Waals surface area contributed by atoms with Gasteiger partial charge in [-0.2, -0.15) is 0 Å². The van der Waals surface area contributed by atoms with Gasteiger partial charge in [0.25, 0.3) is 0 Å². The molecule has 5 heteroatoms. The average molecular weight is 257 g/mol. The van der Waals surface area contributed by atoms with Crippen LogP contribution in [0.25, 0.3) is 0 Å². The Bertz CT molecular complexity index is 573. The Morgan fingerprint density at radius 1 is 1.33 bits per heavy atom. The summed E-state index contributed by atoms with van der Waals surface area (Å²) in [5, 5.41) is 2.80. The molecule has 1 amide bonds. The predicted molar refractivity (Wildman–Crippen MR) is 70.6 cm³/mol. The zero-order chi connectivity index (χ0) is 12.4. The summed E-state index contributed by atoms with van der Waals surface area (Å²) in [6.45, 7) is 0. The number of hydrogen-bond donors (Lipinski definition) is 1. The number of amides is 1. The minimum absolute atomic E-state index is 0.0204. The van der Waals surface area contributed by atoms with E-state index in [9.17, 15) is 4.79 Å². The molecule has 4 nitrogen and oxygen atoms in total. The van der Waals surface area contributed by atoms with Gasteiger partial charge in [-0.3, -0.25) is 9.78 Å². The van der Waals surface area contributed by atoms with Gasteiger partial charge >= 0.3 is 0 Å². The van der Waals surface area contributed by atoms with Crippen LogP contribution in [0.4, 0.5) is 5.82 Å². The molecule has 0 radical (unpaired) electrons. The first-order valence-electron chi connectivity index (χ1n) is 5.63. The van der Waals surface area contributed by atoms with E-state index >= 15 is 0 Å². The highest BCUT2D eigenvalue weighted by atomic mass is 32.2.